The first-order chi connectivity index (χ1) is 18.1. The fraction of sp³-hybridized carbons (Fsp3) is 0.379. The Hall–Kier alpha value is -2.63. The number of hydrogen-bond acceptors (Lipinski definition) is 3. The van der Waals surface area contributed by atoms with Crippen LogP contribution in [0.2, 0.25) is 0 Å². The van der Waals surface area contributed by atoms with Crippen LogP contribution in [0, 0.1) is 0 Å². The summed E-state index contributed by atoms with van der Waals surface area (Å²) in [4.78, 5) is 2.11. The molecule has 0 amide bonds. The Balaban J connectivity index is 2.13. The largest absolute Gasteiger partial charge is 0.473 e. The second-order valence-corrected chi connectivity index (χ2v) is 14.9. The van der Waals surface area contributed by atoms with Gasteiger partial charge in [0.1, 0.15) is 5.75 Å². The smallest absolute Gasteiger partial charge is 0.432 e. The van der Waals surface area contributed by atoms with E-state index in [1.54, 1.807) is 6.07 Å². The van der Waals surface area contributed by atoms with Crippen molar-refractivity contribution >= 4 is 21.0 Å². The summed E-state index contributed by atoms with van der Waals surface area (Å²) in [7, 11) is -7.31. The first kappa shape index (κ1) is 31.9. The van der Waals surface area contributed by atoms with Crippen LogP contribution in [0.1, 0.15) is 52.7 Å². The van der Waals surface area contributed by atoms with Crippen molar-refractivity contribution in [3.63, 3.8) is 0 Å². The molecular formula is C29H32F5O4S2+. The van der Waals surface area contributed by atoms with Gasteiger partial charge in [-0.1, -0.05) is 71.9 Å². The molecule has 40 heavy (non-hydrogen) atoms. The molecule has 0 saturated carbocycles. The Kier molecular flexibility index (Phi) is 8.76. The highest BCUT2D eigenvalue weighted by Gasteiger charge is 2.65. The zero-order chi connectivity index (χ0) is 30.3. The molecule has 218 valence electrons. The summed E-state index contributed by atoms with van der Waals surface area (Å²) < 4.78 is 104. The Morgan fingerprint density at radius 3 is 1.48 bits per heavy atom. The summed E-state index contributed by atoms with van der Waals surface area (Å²) in [6, 6.07) is 20.7. The van der Waals surface area contributed by atoms with E-state index in [0.717, 1.165) is 27.0 Å². The number of rotatable bonds is 7. The van der Waals surface area contributed by atoms with E-state index >= 15 is 0 Å². The van der Waals surface area contributed by atoms with E-state index in [9.17, 15) is 30.4 Å². The van der Waals surface area contributed by atoms with Gasteiger partial charge >= 0.3 is 21.5 Å². The van der Waals surface area contributed by atoms with Crippen molar-refractivity contribution in [3.8, 4) is 5.75 Å². The molecule has 0 radical (unpaired) electrons. The first-order valence-corrected chi connectivity index (χ1v) is 14.9. The molecule has 3 aromatic rings. The van der Waals surface area contributed by atoms with Crippen molar-refractivity contribution < 1.29 is 39.7 Å². The van der Waals surface area contributed by atoms with Gasteiger partial charge in [-0.05, 0) is 58.4 Å². The maximum atomic E-state index is 14.2. The van der Waals surface area contributed by atoms with Gasteiger partial charge < -0.3 is 4.74 Å². The monoisotopic (exact) mass is 603 g/mol. The molecule has 0 saturated heterocycles. The molecule has 0 fully saturated rings. The van der Waals surface area contributed by atoms with E-state index in [0.29, 0.717) is 4.90 Å². The van der Waals surface area contributed by atoms with Crippen LogP contribution in [0.15, 0.2) is 87.5 Å². The van der Waals surface area contributed by atoms with Crippen molar-refractivity contribution in [2.24, 2.45) is 0 Å². The zero-order valence-corrected chi connectivity index (χ0v) is 24.5. The summed E-state index contributed by atoms with van der Waals surface area (Å²) in [5.74, 6) is -0.627. The fourth-order valence-electron chi connectivity index (χ4n) is 3.86. The Morgan fingerprint density at radius 1 is 0.700 bits per heavy atom. The lowest BCUT2D eigenvalue weighted by molar-refractivity contribution is -0.239. The van der Waals surface area contributed by atoms with E-state index in [4.69, 9.17) is 4.55 Å². The summed E-state index contributed by atoms with van der Waals surface area (Å²) in [5, 5.41) is -5.63. The topological polar surface area (TPSA) is 63.6 Å². The van der Waals surface area contributed by atoms with Crippen molar-refractivity contribution in [2.45, 2.75) is 84.6 Å². The molecule has 0 heterocycles. The molecule has 1 N–H and O–H groups in total. The lowest BCUT2D eigenvalue weighted by Gasteiger charge is -2.27. The van der Waals surface area contributed by atoms with E-state index in [1.807, 2.05) is 48.5 Å². The highest BCUT2D eigenvalue weighted by molar-refractivity contribution is 7.97. The van der Waals surface area contributed by atoms with Gasteiger partial charge in [0.25, 0.3) is 6.10 Å². The summed E-state index contributed by atoms with van der Waals surface area (Å²) in [6.45, 7) is 12.4. The molecule has 0 aliphatic heterocycles. The minimum Gasteiger partial charge on any atom is -0.473 e. The molecular weight excluding hydrogens is 571 g/mol. The van der Waals surface area contributed by atoms with E-state index in [1.165, 1.54) is 12.1 Å². The summed E-state index contributed by atoms with van der Waals surface area (Å²) in [5.41, 5.74) is 1.90. The fourth-order valence-corrected chi connectivity index (χ4v) is 6.40. The van der Waals surface area contributed by atoms with Crippen LogP contribution < -0.4 is 4.74 Å². The molecule has 1 unspecified atom stereocenters. The van der Waals surface area contributed by atoms with Gasteiger partial charge in [0.2, 0.25) is 0 Å². The second kappa shape index (κ2) is 11.0. The molecule has 0 aliphatic carbocycles. The first-order valence-electron chi connectivity index (χ1n) is 12.3. The van der Waals surface area contributed by atoms with Crippen LogP contribution in [0.5, 0.6) is 5.75 Å². The third-order valence-corrected chi connectivity index (χ3v) is 9.27. The average Bonchev–Trinajstić information content (AvgIpc) is 2.81. The van der Waals surface area contributed by atoms with Crippen LogP contribution in [-0.2, 0) is 31.8 Å². The van der Waals surface area contributed by atoms with Crippen LogP contribution in [0.3, 0.4) is 0 Å². The van der Waals surface area contributed by atoms with Crippen LogP contribution in [0.25, 0.3) is 0 Å². The average molecular weight is 604 g/mol. The zero-order valence-electron chi connectivity index (χ0n) is 22.9. The van der Waals surface area contributed by atoms with Gasteiger partial charge in [-0.2, -0.15) is 30.4 Å². The Morgan fingerprint density at radius 2 is 1.12 bits per heavy atom. The summed E-state index contributed by atoms with van der Waals surface area (Å²) >= 11 is 0. The predicted octanol–water partition coefficient (Wildman–Crippen LogP) is 8.17. The van der Waals surface area contributed by atoms with Gasteiger partial charge in [0, 0.05) is 6.07 Å². The lowest BCUT2D eigenvalue weighted by Crippen LogP contribution is -2.53. The summed E-state index contributed by atoms with van der Waals surface area (Å²) in [6.07, 6.45) is -9.92. The standard InChI is InChI=1S/C29H31F5O4S2/c1-26(2,3)19-10-14-22(15-11-19)39(23-16-12-20(13-17-23)27(4,5)6)24-9-7-8-21(18-24)38-25(28(30,31)32)29(33,34)40(35,36)37/h7-18,25H,1-6H3/p+1. The number of hydrogen-bond donors (Lipinski definition) is 1. The predicted molar refractivity (Wildman–Crippen MR) is 146 cm³/mol. The highest BCUT2D eigenvalue weighted by atomic mass is 32.2. The molecule has 3 aromatic carbocycles. The normalized spacial score (nSPS) is 14.3. The van der Waals surface area contributed by atoms with E-state index in [2.05, 4.69) is 46.3 Å². The molecule has 0 bridgehead atoms. The van der Waals surface area contributed by atoms with Crippen LogP contribution >= 0.6 is 0 Å². The maximum Gasteiger partial charge on any atom is 0.432 e. The van der Waals surface area contributed by atoms with Crippen molar-refractivity contribution in [1.29, 1.82) is 0 Å². The molecule has 3 rings (SSSR count). The lowest BCUT2D eigenvalue weighted by atomic mass is 9.87. The van der Waals surface area contributed by atoms with Crippen molar-refractivity contribution in [2.75, 3.05) is 0 Å². The number of alkyl halides is 5. The number of benzene rings is 3. The third-order valence-electron chi connectivity index (χ3n) is 6.15. The third kappa shape index (κ3) is 7.16. The van der Waals surface area contributed by atoms with Gasteiger partial charge in [-0.3, -0.25) is 4.55 Å². The Labute approximate surface area is 234 Å². The van der Waals surface area contributed by atoms with Crippen LogP contribution in [-0.4, -0.2) is 30.5 Å². The SMILES string of the molecule is CC(C)(C)c1ccc([S+](c2ccc(C(C)(C)C)cc2)c2cccc(OC(C(F)(F)F)C(F)(F)S(=O)(=O)O)c2)cc1. The molecule has 1 atom stereocenters. The second-order valence-electron chi connectivity index (χ2n) is 11.4. The number of ether oxygens (including phenoxy) is 1. The van der Waals surface area contributed by atoms with Gasteiger partial charge in [0.15, 0.2) is 14.7 Å². The Bertz CT molecular complexity index is 1360. The van der Waals surface area contributed by atoms with Gasteiger partial charge in [0.05, 0.1) is 10.9 Å². The molecule has 0 aromatic heterocycles. The number of halogens is 5. The van der Waals surface area contributed by atoms with Crippen molar-refractivity contribution in [3.05, 3.63) is 83.9 Å². The molecule has 11 heteroatoms. The van der Waals surface area contributed by atoms with Gasteiger partial charge in [-0.25, -0.2) is 0 Å². The molecule has 0 aliphatic rings. The highest BCUT2D eigenvalue weighted by Crippen LogP contribution is 2.40. The quantitative estimate of drug-likeness (QED) is 0.168. The van der Waals surface area contributed by atoms with E-state index < -0.39 is 44.3 Å². The minimum atomic E-state index is -6.43. The van der Waals surface area contributed by atoms with Crippen LogP contribution in [0.4, 0.5) is 22.0 Å². The molecule has 0 spiro atoms. The minimum absolute atomic E-state index is 0.121. The van der Waals surface area contributed by atoms with Gasteiger partial charge in [-0.15, -0.1) is 0 Å². The van der Waals surface area contributed by atoms with E-state index in [-0.39, 0.29) is 10.8 Å². The maximum absolute atomic E-state index is 14.2. The van der Waals surface area contributed by atoms with Crippen molar-refractivity contribution in [1.82, 2.24) is 0 Å². The molecule has 4 nitrogen and oxygen atoms in total.